The third kappa shape index (κ3) is 5.68. The number of rotatable bonds is 4. The Balaban J connectivity index is 0.00000106. The number of nitrogens with zero attached hydrogens (tertiary/aromatic N) is 2. The van der Waals surface area contributed by atoms with E-state index in [2.05, 4.69) is 35.5 Å². The summed E-state index contributed by atoms with van der Waals surface area (Å²) < 4.78 is 0. The monoisotopic (exact) mass is 408 g/mol. The molecule has 6 nitrogen and oxygen atoms in total. The molecule has 3 rings (SSSR count). The molecule has 1 aromatic carbocycles. The Morgan fingerprint density at radius 3 is 2.30 bits per heavy atom. The zero-order chi connectivity index (χ0) is 22.8. The summed E-state index contributed by atoms with van der Waals surface area (Å²) in [6, 6.07) is 7.36. The van der Waals surface area contributed by atoms with E-state index >= 15 is 0 Å². The maximum atomic E-state index is 12.8. The van der Waals surface area contributed by atoms with E-state index in [-0.39, 0.29) is 17.3 Å². The van der Waals surface area contributed by atoms with E-state index in [9.17, 15) is 9.59 Å². The predicted octanol–water partition coefficient (Wildman–Crippen LogP) is 4.26. The number of aryl methyl sites for hydroxylation is 2. The van der Waals surface area contributed by atoms with Crippen LogP contribution in [0.25, 0.3) is 0 Å². The van der Waals surface area contributed by atoms with E-state index in [0.717, 1.165) is 29.7 Å². The van der Waals surface area contributed by atoms with Gasteiger partial charge in [0.2, 0.25) is 0 Å². The second-order valence-electron chi connectivity index (χ2n) is 6.55. The fraction of sp³-hybridized carbons (Fsp3) is 0.375. The lowest BCUT2D eigenvalue weighted by Crippen LogP contribution is -2.27. The van der Waals surface area contributed by atoms with E-state index in [1.807, 2.05) is 26.8 Å². The third-order valence-electron chi connectivity index (χ3n) is 4.62. The van der Waals surface area contributed by atoms with Gasteiger partial charge in [-0.15, -0.1) is 0 Å². The molecule has 2 aromatic rings. The normalized spacial score (nSPS) is 11.6. The van der Waals surface area contributed by atoms with Crippen molar-refractivity contribution in [2.75, 3.05) is 17.7 Å². The maximum absolute atomic E-state index is 12.8. The highest BCUT2D eigenvalue weighted by atomic mass is 16.2. The molecule has 1 amide bonds. The summed E-state index contributed by atoms with van der Waals surface area (Å²) in [7, 11) is 1.50. The highest BCUT2D eigenvalue weighted by Gasteiger charge is 2.31. The molecule has 1 heterocycles. The lowest BCUT2D eigenvalue weighted by atomic mass is 9.99. The second-order valence-corrected chi connectivity index (χ2v) is 6.55. The van der Waals surface area contributed by atoms with Gasteiger partial charge in [0.1, 0.15) is 11.5 Å². The Morgan fingerprint density at radius 2 is 1.77 bits per heavy atom. The van der Waals surface area contributed by atoms with Crippen molar-refractivity contribution in [1.29, 1.82) is 0 Å². The molecule has 6 heteroatoms. The first-order valence-corrected chi connectivity index (χ1v) is 10.1. The molecule has 1 aliphatic rings. The van der Waals surface area contributed by atoms with E-state index in [1.165, 1.54) is 17.5 Å². The fourth-order valence-electron chi connectivity index (χ4n) is 2.93. The number of aldehydes is 1. The number of hydrogen-bond acceptors (Lipinski definition) is 5. The van der Waals surface area contributed by atoms with Gasteiger partial charge in [-0.2, -0.15) is 0 Å². The van der Waals surface area contributed by atoms with Gasteiger partial charge in [0.25, 0.3) is 0 Å². The molecule has 1 saturated carbocycles. The largest absolute Gasteiger partial charge is 0.397 e. The summed E-state index contributed by atoms with van der Waals surface area (Å²) in [4.78, 5) is 29.8. The molecule has 0 radical (unpaired) electrons. The van der Waals surface area contributed by atoms with Crippen LogP contribution in [0, 0.1) is 25.7 Å². The maximum Gasteiger partial charge on any atom is 0.308 e. The summed E-state index contributed by atoms with van der Waals surface area (Å²) in [6.45, 7) is 9.69. The van der Waals surface area contributed by atoms with Crippen molar-refractivity contribution in [3.05, 3.63) is 46.6 Å². The standard InChI is InChI=1S/C21H21N3O2.C2H6.CH5N/c1-4-5-21(26)24(20-9-8-17(22)18(12-25)23-20)19-11-14(3)13(2)10-16(19)15-6-7-15;2*1-2/h8-12,15H,6-7,22H2,1-3H3;1-2H3;2H2,1H3. The minimum absolute atomic E-state index is 0.113. The Bertz CT molecular complexity index is 954. The van der Waals surface area contributed by atoms with Gasteiger partial charge in [-0.05, 0) is 87.4 Å². The highest BCUT2D eigenvalue weighted by Crippen LogP contribution is 2.46. The lowest BCUT2D eigenvalue weighted by molar-refractivity contribution is -0.112. The zero-order valence-corrected chi connectivity index (χ0v) is 18.7. The molecule has 4 N–H and O–H groups in total. The van der Waals surface area contributed by atoms with Gasteiger partial charge in [-0.1, -0.05) is 25.8 Å². The quantitative estimate of drug-likeness (QED) is 0.581. The fourth-order valence-corrected chi connectivity index (χ4v) is 2.93. The summed E-state index contributed by atoms with van der Waals surface area (Å²) in [5, 5.41) is 0. The third-order valence-corrected chi connectivity index (χ3v) is 4.62. The molecule has 0 aliphatic heterocycles. The van der Waals surface area contributed by atoms with Crippen molar-refractivity contribution in [2.45, 2.75) is 53.4 Å². The molecule has 1 aromatic heterocycles. The molecule has 0 unspecified atom stereocenters. The summed E-state index contributed by atoms with van der Waals surface area (Å²) in [6.07, 6.45) is 2.80. The first-order valence-electron chi connectivity index (χ1n) is 10.1. The van der Waals surface area contributed by atoms with Crippen LogP contribution < -0.4 is 16.4 Å². The van der Waals surface area contributed by atoms with Crippen LogP contribution in [0.3, 0.4) is 0 Å². The Labute approximate surface area is 179 Å². The number of benzene rings is 1. The van der Waals surface area contributed by atoms with Crippen molar-refractivity contribution in [3.63, 3.8) is 0 Å². The van der Waals surface area contributed by atoms with Crippen LogP contribution in [0.2, 0.25) is 0 Å². The molecule has 0 bridgehead atoms. The summed E-state index contributed by atoms with van der Waals surface area (Å²) in [5.41, 5.74) is 14.8. The zero-order valence-electron chi connectivity index (χ0n) is 18.7. The first-order chi connectivity index (χ1) is 14.5. The van der Waals surface area contributed by atoms with Gasteiger partial charge in [0.15, 0.2) is 6.29 Å². The number of hydrogen-bond donors (Lipinski definition) is 2. The predicted molar refractivity (Wildman–Crippen MR) is 124 cm³/mol. The number of aromatic nitrogens is 1. The van der Waals surface area contributed by atoms with Crippen LogP contribution >= 0.6 is 0 Å². The highest BCUT2D eigenvalue weighted by molar-refractivity contribution is 6.11. The Kier molecular flexibility index (Phi) is 9.73. The van der Waals surface area contributed by atoms with Gasteiger partial charge in [-0.25, -0.2) is 4.98 Å². The van der Waals surface area contributed by atoms with Crippen molar-refractivity contribution < 1.29 is 9.59 Å². The van der Waals surface area contributed by atoms with Gasteiger partial charge >= 0.3 is 5.91 Å². The van der Waals surface area contributed by atoms with Crippen LogP contribution in [0.4, 0.5) is 17.2 Å². The molecular formula is C24H32N4O2. The molecule has 1 aliphatic carbocycles. The summed E-state index contributed by atoms with van der Waals surface area (Å²) in [5.74, 6) is 5.65. The lowest BCUT2D eigenvalue weighted by Gasteiger charge is -2.24. The molecule has 160 valence electrons. The SMILES string of the molecule is CC.CC#CC(=O)N(c1ccc(N)c(C=O)n1)c1cc(C)c(C)cc1C1CC1.CN. The molecule has 0 spiro atoms. The first kappa shape index (κ1) is 24.9. The number of nitrogen functional groups attached to an aromatic ring is 1. The average molecular weight is 409 g/mol. The summed E-state index contributed by atoms with van der Waals surface area (Å²) >= 11 is 0. The molecule has 30 heavy (non-hydrogen) atoms. The van der Waals surface area contributed by atoms with Crippen molar-refractivity contribution in [2.24, 2.45) is 5.73 Å². The Morgan fingerprint density at radius 1 is 1.17 bits per heavy atom. The van der Waals surface area contributed by atoms with Crippen LogP contribution in [0.1, 0.15) is 66.7 Å². The molecule has 0 atom stereocenters. The number of carbonyl (C=O) groups is 2. The van der Waals surface area contributed by atoms with Crippen LogP contribution in [0.15, 0.2) is 24.3 Å². The van der Waals surface area contributed by atoms with Crippen molar-refractivity contribution in [1.82, 2.24) is 4.98 Å². The van der Waals surface area contributed by atoms with Gasteiger partial charge < -0.3 is 11.5 Å². The number of pyridine rings is 1. The van der Waals surface area contributed by atoms with E-state index in [0.29, 0.717) is 18.0 Å². The molecular weight excluding hydrogens is 376 g/mol. The number of nitrogens with two attached hydrogens (primary N) is 2. The smallest absolute Gasteiger partial charge is 0.308 e. The molecule has 0 saturated heterocycles. The van der Waals surface area contributed by atoms with E-state index in [4.69, 9.17) is 5.73 Å². The van der Waals surface area contributed by atoms with Crippen molar-refractivity contribution in [3.8, 4) is 11.8 Å². The van der Waals surface area contributed by atoms with Crippen LogP contribution in [-0.2, 0) is 4.79 Å². The minimum Gasteiger partial charge on any atom is -0.397 e. The average Bonchev–Trinajstić information content (AvgIpc) is 3.60. The molecule has 1 fully saturated rings. The number of anilines is 3. The van der Waals surface area contributed by atoms with Gasteiger partial charge in [0, 0.05) is 0 Å². The van der Waals surface area contributed by atoms with Gasteiger partial charge in [-0.3, -0.25) is 14.5 Å². The topological polar surface area (TPSA) is 102 Å². The van der Waals surface area contributed by atoms with Crippen molar-refractivity contribution >= 4 is 29.4 Å². The van der Waals surface area contributed by atoms with E-state index < -0.39 is 0 Å². The van der Waals surface area contributed by atoms with Gasteiger partial charge in [0.05, 0.1) is 11.4 Å². The van der Waals surface area contributed by atoms with E-state index in [1.54, 1.807) is 19.1 Å². The minimum atomic E-state index is -0.383. The second kappa shape index (κ2) is 11.7. The Hall–Kier alpha value is -3.17. The van der Waals surface area contributed by atoms with Crippen LogP contribution in [0.5, 0.6) is 0 Å². The number of carbonyl (C=O) groups excluding carboxylic acids is 2. The van der Waals surface area contributed by atoms with Crippen LogP contribution in [-0.4, -0.2) is 24.2 Å². The number of amides is 1.